The fraction of sp³-hybridized carbons (Fsp3) is 0.235. The van der Waals surface area contributed by atoms with Crippen LogP contribution in [0.2, 0.25) is 5.02 Å². The largest absolute Gasteiger partial charge is 0.379 e. The van der Waals surface area contributed by atoms with E-state index in [1.54, 1.807) is 24.3 Å². The summed E-state index contributed by atoms with van der Waals surface area (Å²) in [5, 5.41) is 2.92. The number of carbonyl (C=O) groups excluding carboxylic acids is 1. The van der Waals surface area contributed by atoms with Gasteiger partial charge in [-0.3, -0.25) is 4.79 Å². The van der Waals surface area contributed by atoms with Gasteiger partial charge in [0, 0.05) is 18.7 Å². The van der Waals surface area contributed by atoms with Gasteiger partial charge >= 0.3 is 0 Å². The van der Waals surface area contributed by atoms with Crippen LogP contribution in [0.3, 0.4) is 0 Å². The molecule has 26 heavy (non-hydrogen) atoms. The van der Waals surface area contributed by atoms with E-state index in [0.29, 0.717) is 10.7 Å². The van der Waals surface area contributed by atoms with E-state index in [1.165, 1.54) is 6.07 Å². The summed E-state index contributed by atoms with van der Waals surface area (Å²) in [4.78, 5) is 11.9. The normalized spacial score (nSPS) is 15.6. The van der Waals surface area contributed by atoms with E-state index < -0.39 is 26.6 Å². The molecular formula is C17H16ClFN2O4S. The van der Waals surface area contributed by atoms with E-state index in [2.05, 4.69) is 5.32 Å². The molecule has 1 aliphatic rings. The lowest BCUT2D eigenvalue weighted by molar-refractivity contribution is 0.0729. The number of benzene rings is 2. The van der Waals surface area contributed by atoms with Gasteiger partial charge in [-0.05, 0) is 30.3 Å². The number of ether oxygens (including phenoxy) is 1. The fourth-order valence-corrected chi connectivity index (χ4v) is 4.21. The van der Waals surface area contributed by atoms with Crippen LogP contribution in [0.5, 0.6) is 0 Å². The van der Waals surface area contributed by atoms with Crippen LogP contribution in [0.15, 0.2) is 47.4 Å². The van der Waals surface area contributed by atoms with Gasteiger partial charge in [0.15, 0.2) is 0 Å². The van der Waals surface area contributed by atoms with Crippen LogP contribution in [-0.2, 0) is 14.8 Å². The van der Waals surface area contributed by atoms with Gasteiger partial charge in [0.1, 0.15) is 10.7 Å². The minimum absolute atomic E-state index is 0.0122. The van der Waals surface area contributed by atoms with Gasteiger partial charge in [-0.1, -0.05) is 23.7 Å². The maximum Gasteiger partial charge on any atom is 0.255 e. The summed E-state index contributed by atoms with van der Waals surface area (Å²) in [6.07, 6.45) is 0. The fourth-order valence-electron chi connectivity index (χ4n) is 2.53. The van der Waals surface area contributed by atoms with Gasteiger partial charge in [-0.15, -0.1) is 0 Å². The summed E-state index contributed by atoms with van der Waals surface area (Å²) >= 11 is 6.00. The second-order valence-electron chi connectivity index (χ2n) is 5.60. The van der Waals surface area contributed by atoms with Crippen LogP contribution >= 0.6 is 11.6 Å². The number of hydrogen-bond acceptors (Lipinski definition) is 4. The zero-order chi connectivity index (χ0) is 18.7. The Labute approximate surface area is 155 Å². The molecule has 9 heteroatoms. The highest BCUT2D eigenvalue weighted by Gasteiger charge is 2.29. The number of nitrogens with zero attached hydrogens (tertiary/aromatic N) is 1. The first kappa shape index (κ1) is 18.8. The second-order valence-corrected chi connectivity index (χ2v) is 7.91. The van der Waals surface area contributed by atoms with Crippen LogP contribution in [-0.4, -0.2) is 44.9 Å². The molecule has 0 radical (unpaired) electrons. The second kappa shape index (κ2) is 7.71. The molecule has 1 aliphatic heterocycles. The summed E-state index contributed by atoms with van der Waals surface area (Å²) in [6, 6.07) is 9.84. The highest BCUT2D eigenvalue weighted by atomic mass is 35.5. The Kier molecular flexibility index (Phi) is 5.57. The minimum Gasteiger partial charge on any atom is -0.379 e. The number of hydrogen-bond donors (Lipinski definition) is 1. The maximum absolute atomic E-state index is 14.2. The highest BCUT2D eigenvalue weighted by molar-refractivity contribution is 7.89. The van der Waals surface area contributed by atoms with Crippen molar-refractivity contribution in [2.75, 3.05) is 31.6 Å². The van der Waals surface area contributed by atoms with Crippen molar-refractivity contribution in [2.24, 2.45) is 0 Å². The van der Waals surface area contributed by atoms with Crippen LogP contribution in [0.1, 0.15) is 10.4 Å². The Morgan fingerprint density at radius 1 is 1.15 bits per heavy atom. The number of carbonyl (C=O) groups is 1. The predicted molar refractivity (Wildman–Crippen MR) is 95.4 cm³/mol. The molecule has 0 saturated carbocycles. The number of halogens is 2. The SMILES string of the molecule is O=C(Nc1ccccc1Cl)c1ccc(F)c(S(=O)(=O)N2CCOCC2)c1. The summed E-state index contributed by atoms with van der Waals surface area (Å²) in [5.41, 5.74) is 0.388. The molecule has 1 N–H and O–H groups in total. The summed E-state index contributed by atoms with van der Waals surface area (Å²) in [7, 11) is -4.06. The number of amides is 1. The third-order valence-corrected chi connectivity index (χ3v) is 6.15. The van der Waals surface area contributed by atoms with Crippen molar-refractivity contribution in [3.05, 3.63) is 58.9 Å². The number of anilines is 1. The first-order valence-electron chi connectivity index (χ1n) is 7.83. The van der Waals surface area contributed by atoms with Gasteiger partial charge in [-0.2, -0.15) is 4.31 Å². The molecule has 3 rings (SSSR count). The standard InChI is InChI=1S/C17H16ClFN2O4S/c18-13-3-1-2-4-15(13)20-17(22)12-5-6-14(19)16(11-12)26(23,24)21-7-9-25-10-8-21/h1-6,11H,7-10H2,(H,20,22). The number of morpholine rings is 1. The van der Waals surface area contributed by atoms with E-state index in [4.69, 9.17) is 16.3 Å². The third kappa shape index (κ3) is 3.88. The first-order valence-corrected chi connectivity index (χ1v) is 9.65. The van der Waals surface area contributed by atoms with Gasteiger partial charge < -0.3 is 10.1 Å². The number of para-hydroxylation sites is 1. The molecule has 2 aromatic rings. The maximum atomic E-state index is 14.2. The van der Waals surface area contributed by atoms with Crippen molar-refractivity contribution in [1.29, 1.82) is 0 Å². The van der Waals surface area contributed by atoms with Crippen molar-refractivity contribution in [3.8, 4) is 0 Å². The van der Waals surface area contributed by atoms with Gasteiger partial charge in [0.2, 0.25) is 10.0 Å². The lowest BCUT2D eigenvalue weighted by atomic mass is 10.2. The van der Waals surface area contributed by atoms with E-state index >= 15 is 0 Å². The van der Waals surface area contributed by atoms with Crippen LogP contribution in [0.4, 0.5) is 10.1 Å². The zero-order valence-electron chi connectivity index (χ0n) is 13.6. The lowest BCUT2D eigenvalue weighted by Gasteiger charge is -2.26. The third-order valence-electron chi connectivity index (χ3n) is 3.90. The number of nitrogens with one attached hydrogen (secondary N) is 1. The van der Waals surface area contributed by atoms with Crippen LogP contribution < -0.4 is 5.32 Å². The zero-order valence-corrected chi connectivity index (χ0v) is 15.2. The molecule has 1 heterocycles. The number of rotatable bonds is 4. The molecule has 0 bridgehead atoms. The Hall–Kier alpha value is -2.00. The van der Waals surface area contributed by atoms with E-state index in [9.17, 15) is 17.6 Å². The Balaban J connectivity index is 1.90. The van der Waals surface area contributed by atoms with E-state index in [0.717, 1.165) is 16.4 Å². The average molecular weight is 399 g/mol. The molecule has 1 amide bonds. The quantitative estimate of drug-likeness (QED) is 0.859. The average Bonchev–Trinajstić information content (AvgIpc) is 2.64. The molecule has 0 spiro atoms. The van der Waals surface area contributed by atoms with E-state index in [-0.39, 0.29) is 31.9 Å². The molecule has 0 aliphatic carbocycles. The van der Waals surface area contributed by atoms with Crippen molar-refractivity contribution in [3.63, 3.8) is 0 Å². The minimum atomic E-state index is -4.06. The van der Waals surface area contributed by atoms with Crippen molar-refractivity contribution < 1.29 is 22.3 Å². The Morgan fingerprint density at radius 3 is 2.54 bits per heavy atom. The van der Waals surface area contributed by atoms with Crippen LogP contribution in [0, 0.1) is 5.82 Å². The predicted octanol–water partition coefficient (Wildman–Crippen LogP) is 2.75. The topological polar surface area (TPSA) is 75.7 Å². The summed E-state index contributed by atoms with van der Waals surface area (Å²) < 4.78 is 45.8. The summed E-state index contributed by atoms with van der Waals surface area (Å²) in [6.45, 7) is 0.761. The van der Waals surface area contributed by atoms with Crippen LogP contribution in [0.25, 0.3) is 0 Å². The monoisotopic (exact) mass is 398 g/mol. The van der Waals surface area contributed by atoms with Crippen molar-refractivity contribution in [2.45, 2.75) is 4.90 Å². The van der Waals surface area contributed by atoms with E-state index in [1.807, 2.05) is 0 Å². The van der Waals surface area contributed by atoms with Gasteiger partial charge in [0.25, 0.3) is 5.91 Å². The molecule has 1 fully saturated rings. The molecule has 0 unspecified atom stereocenters. The molecule has 0 atom stereocenters. The van der Waals surface area contributed by atoms with Crippen molar-refractivity contribution >= 4 is 33.2 Å². The van der Waals surface area contributed by atoms with Gasteiger partial charge in [0.05, 0.1) is 23.9 Å². The first-order chi connectivity index (χ1) is 12.4. The Bertz CT molecular complexity index is 930. The van der Waals surface area contributed by atoms with Gasteiger partial charge in [-0.25, -0.2) is 12.8 Å². The highest BCUT2D eigenvalue weighted by Crippen LogP contribution is 2.24. The van der Waals surface area contributed by atoms with Crippen molar-refractivity contribution in [1.82, 2.24) is 4.31 Å². The molecule has 2 aromatic carbocycles. The lowest BCUT2D eigenvalue weighted by Crippen LogP contribution is -2.41. The Morgan fingerprint density at radius 2 is 1.85 bits per heavy atom. The number of sulfonamides is 1. The summed E-state index contributed by atoms with van der Waals surface area (Å²) in [5.74, 6) is -1.50. The smallest absolute Gasteiger partial charge is 0.255 e. The molecule has 138 valence electrons. The molecular weight excluding hydrogens is 383 g/mol. The molecule has 0 aromatic heterocycles. The molecule has 6 nitrogen and oxygen atoms in total. The molecule has 1 saturated heterocycles.